The van der Waals surface area contributed by atoms with Gasteiger partial charge in [-0.15, -0.1) is 11.3 Å². The summed E-state index contributed by atoms with van der Waals surface area (Å²) in [5, 5.41) is 8.44. The van der Waals surface area contributed by atoms with Crippen molar-refractivity contribution in [1.29, 1.82) is 5.26 Å². The predicted molar refractivity (Wildman–Crippen MR) is 134 cm³/mol. The van der Waals surface area contributed by atoms with Gasteiger partial charge in [0, 0.05) is 18.2 Å². The van der Waals surface area contributed by atoms with E-state index in [1.807, 2.05) is 0 Å². The second-order valence-electron chi connectivity index (χ2n) is 8.53. The molecule has 218 valence electrons. The van der Waals surface area contributed by atoms with Gasteiger partial charge < -0.3 is 35.3 Å². The number of nitrogens with zero attached hydrogens (tertiary/aromatic N) is 1. The van der Waals surface area contributed by atoms with Crippen LogP contribution in [0.3, 0.4) is 0 Å². The van der Waals surface area contributed by atoms with Crippen molar-refractivity contribution in [2.75, 3.05) is 26.3 Å². The summed E-state index contributed by atoms with van der Waals surface area (Å²) in [6.07, 6.45) is 0.817. The number of sulfonamides is 1. The van der Waals surface area contributed by atoms with Crippen LogP contribution in [0.4, 0.5) is 13.2 Å². The molecule has 0 saturated heterocycles. The molecule has 0 saturated carbocycles. The fraction of sp³-hybridized carbons (Fsp3) is 0.348. The average Bonchev–Trinajstić information content (AvgIpc) is 3.25. The van der Waals surface area contributed by atoms with Crippen molar-refractivity contribution in [3.05, 3.63) is 52.3 Å². The molecule has 1 heterocycles. The molecule has 0 spiro atoms. The fourth-order valence-electron chi connectivity index (χ4n) is 3.70. The molecule has 17 heteroatoms. The van der Waals surface area contributed by atoms with Crippen molar-refractivity contribution in [2.24, 2.45) is 0 Å². The van der Waals surface area contributed by atoms with E-state index in [0.29, 0.717) is 32.0 Å². The van der Waals surface area contributed by atoms with Crippen LogP contribution in [0.25, 0.3) is 10.1 Å². The Morgan fingerprint density at radius 3 is 2.17 bits per heavy atom. The van der Waals surface area contributed by atoms with Crippen molar-refractivity contribution in [2.45, 2.75) is 29.8 Å². The molecule has 1 unspecified atom stereocenters. The van der Waals surface area contributed by atoms with Gasteiger partial charge in [0.2, 0.25) is 11.5 Å². The average molecular weight is 623 g/mol. The van der Waals surface area contributed by atoms with Gasteiger partial charge in [-0.25, -0.2) is 21.6 Å². The third kappa shape index (κ3) is 6.59. The van der Waals surface area contributed by atoms with E-state index in [1.165, 1.54) is 13.0 Å². The largest absolute Gasteiger partial charge is 0.809 e. The van der Waals surface area contributed by atoms with Crippen molar-refractivity contribution in [3.8, 4) is 17.6 Å². The first kappa shape index (κ1) is 31.8. The molecular weight excluding hydrogens is 596 g/mol. The van der Waals surface area contributed by atoms with Gasteiger partial charge in [-0.2, -0.15) is 9.98 Å². The van der Waals surface area contributed by atoms with E-state index in [4.69, 9.17) is 14.7 Å². The van der Waals surface area contributed by atoms with Gasteiger partial charge in [-0.1, -0.05) is 6.07 Å². The van der Waals surface area contributed by atoms with Gasteiger partial charge in [-0.05, 0) is 37.8 Å². The van der Waals surface area contributed by atoms with Crippen molar-refractivity contribution in [1.82, 2.24) is 4.72 Å². The highest BCUT2D eigenvalue weighted by atomic mass is 32.2. The van der Waals surface area contributed by atoms with E-state index in [0.717, 1.165) is 12.1 Å². The normalized spacial score (nSPS) is 12.9. The lowest BCUT2D eigenvalue weighted by Gasteiger charge is -2.38. The molecule has 11 nitrogen and oxygen atoms in total. The minimum absolute atomic E-state index is 0.0285. The Bertz CT molecular complexity index is 1610. The van der Waals surface area contributed by atoms with Crippen LogP contribution in [0.1, 0.15) is 35.3 Å². The molecule has 7 N–H and O–H groups in total. The van der Waals surface area contributed by atoms with E-state index < -0.39 is 77.8 Å². The minimum Gasteiger partial charge on any atom is -0.809 e. The van der Waals surface area contributed by atoms with E-state index >= 15 is 8.78 Å². The Morgan fingerprint density at radius 2 is 1.68 bits per heavy atom. The number of benzene rings is 2. The lowest BCUT2D eigenvalue weighted by atomic mass is 10.1. The van der Waals surface area contributed by atoms with E-state index in [-0.39, 0.29) is 30.1 Å². The fourth-order valence-corrected chi connectivity index (χ4v) is 8.00. The number of hydrogen-bond donors (Lipinski definition) is 3. The lowest BCUT2D eigenvalue weighted by molar-refractivity contribution is -0.369. The molecule has 3 rings (SSSR count). The summed E-state index contributed by atoms with van der Waals surface area (Å²) in [6.45, 7) is 2.01. The van der Waals surface area contributed by atoms with Crippen LogP contribution in [-0.2, 0) is 14.6 Å². The molecule has 3 aromatic rings. The first-order valence-corrected chi connectivity index (χ1v) is 15.7. The number of aryl methyl sites for hydroxylation is 1. The SMILES string of the molecule is Cc1c(S(=O)(=O)NC(c2ccc(C#N)c(F)c2)P(=O)([O-])[O-])sc2c(F)c(OCCC[NH3+])c(OCCC[NH3+])c(F)c12. The number of ether oxygens (including phenoxy) is 2. The van der Waals surface area contributed by atoms with Gasteiger partial charge in [-0.3, -0.25) is 0 Å². The second-order valence-corrected chi connectivity index (χ2v) is 13.1. The summed E-state index contributed by atoms with van der Waals surface area (Å²) in [7, 11) is -10.7. The number of hydrogen-bond acceptors (Lipinski definition) is 9. The van der Waals surface area contributed by atoms with Crippen LogP contribution in [0.5, 0.6) is 11.5 Å². The number of nitrogens with one attached hydrogen (secondary N) is 1. The molecule has 0 radical (unpaired) electrons. The van der Waals surface area contributed by atoms with Crippen LogP contribution < -0.4 is 35.4 Å². The molecule has 0 bridgehead atoms. The van der Waals surface area contributed by atoms with Crippen LogP contribution in [0.15, 0.2) is 22.4 Å². The first-order chi connectivity index (χ1) is 18.8. The highest BCUT2D eigenvalue weighted by molar-refractivity contribution is 7.92. The Balaban J connectivity index is 2.16. The molecule has 0 aliphatic heterocycles. The number of rotatable bonds is 13. The van der Waals surface area contributed by atoms with E-state index in [9.17, 15) is 27.2 Å². The summed E-state index contributed by atoms with van der Waals surface area (Å²) >= 11 is 0.285. The maximum absolute atomic E-state index is 15.7. The Kier molecular flexibility index (Phi) is 10.2. The Morgan fingerprint density at radius 1 is 1.10 bits per heavy atom. The third-order valence-electron chi connectivity index (χ3n) is 5.66. The molecule has 2 aromatic carbocycles. The van der Waals surface area contributed by atoms with Gasteiger partial charge in [0.05, 0.1) is 42.3 Å². The van der Waals surface area contributed by atoms with E-state index in [2.05, 4.69) is 11.5 Å². The second kappa shape index (κ2) is 12.8. The zero-order valence-electron chi connectivity index (χ0n) is 21.2. The van der Waals surface area contributed by atoms with Crippen molar-refractivity contribution in [3.63, 3.8) is 0 Å². The standard InChI is InChI=1S/C23H26F3N4O7PS2/c1-12-16-17(25)19(36-8-2-6-27)20(37-9-3-7-28)18(26)21(16)39-23(12)40(34,35)30-22(38(31,32)33)13-4-5-14(11-29)15(24)10-13/h4-5,10,22,30H,2-3,6-9,27-28H2,1H3,(H2,31,32,33). The highest BCUT2D eigenvalue weighted by Gasteiger charge is 2.33. The highest BCUT2D eigenvalue weighted by Crippen LogP contribution is 2.48. The van der Waals surface area contributed by atoms with Crippen LogP contribution in [0.2, 0.25) is 0 Å². The zero-order chi connectivity index (χ0) is 29.8. The zero-order valence-corrected chi connectivity index (χ0v) is 23.7. The maximum Gasteiger partial charge on any atom is 0.251 e. The number of fused-ring (bicyclic) bond motifs is 1. The first-order valence-electron chi connectivity index (χ1n) is 11.8. The molecule has 0 aliphatic carbocycles. The smallest absolute Gasteiger partial charge is 0.251 e. The molecule has 40 heavy (non-hydrogen) atoms. The summed E-state index contributed by atoms with van der Waals surface area (Å²) in [6, 6.07) is 3.83. The quantitative estimate of drug-likeness (QED) is 0.179. The molecule has 1 aromatic heterocycles. The van der Waals surface area contributed by atoms with Gasteiger partial charge in [0.1, 0.15) is 16.1 Å². The van der Waals surface area contributed by atoms with Crippen LogP contribution in [0, 0.1) is 35.7 Å². The lowest BCUT2D eigenvalue weighted by Crippen LogP contribution is -2.50. The maximum atomic E-state index is 15.7. The molecular formula is C23H26F3N4O7PS2. The Hall–Kier alpha value is -2.74. The molecule has 1 atom stereocenters. The minimum atomic E-state index is -5.81. The van der Waals surface area contributed by atoms with Crippen molar-refractivity contribution < 1.29 is 56.9 Å². The van der Waals surface area contributed by atoms with Crippen molar-refractivity contribution >= 4 is 39.0 Å². The monoisotopic (exact) mass is 622 g/mol. The molecule has 0 aliphatic rings. The van der Waals surface area contributed by atoms with E-state index in [1.54, 1.807) is 4.72 Å². The number of thiophene rings is 1. The summed E-state index contributed by atoms with van der Waals surface area (Å²) in [4.78, 5) is 24.0. The van der Waals surface area contributed by atoms with Gasteiger partial charge in [0.15, 0.2) is 11.6 Å². The number of nitriles is 1. The Labute approximate surface area is 231 Å². The molecule has 0 fully saturated rings. The topological polar surface area (TPSA) is 207 Å². The number of halogens is 3. The summed E-state index contributed by atoms with van der Waals surface area (Å²) in [5.74, 6) is -6.97. The van der Waals surface area contributed by atoms with Crippen LogP contribution in [-0.4, -0.2) is 34.7 Å². The van der Waals surface area contributed by atoms with Gasteiger partial charge >= 0.3 is 0 Å². The number of quaternary nitrogens is 2. The third-order valence-corrected chi connectivity index (χ3v) is 10.2. The predicted octanol–water partition coefficient (Wildman–Crippen LogP) is 0.411. The van der Waals surface area contributed by atoms with Crippen LogP contribution >= 0.6 is 18.9 Å². The summed E-state index contributed by atoms with van der Waals surface area (Å²) in [5.41, 5.74) is 5.96. The van der Waals surface area contributed by atoms with Gasteiger partial charge in [0.25, 0.3) is 10.0 Å². The molecule has 0 amide bonds. The summed E-state index contributed by atoms with van der Waals surface area (Å²) < 4.78 is 95.6.